The summed E-state index contributed by atoms with van der Waals surface area (Å²) in [6, 6.07) is 20.5. The molecule has 0 aliphatic rings. The summed E-state index contributed by atoms with van der Waals surface area (Å²) in [5.41, 5.74) is 2.55. The van der Waals surface area contributed by atoms with E-state index in [-0.39, 0.29) is 18.3 Å². The number of aromatic nitrogens is 3. The average molecular weight is 447 g/mol. The number of H-pyrrole nitrogens is 1. The summed E-state index contributed by atoms with van der Waals surface area (Å²) in [4.78, 5) is 29.0. The second-order valence-electron chi connectivity index (χ2n) is 7.02. The van der Waals surface area contributed by atoms with E-state index in [1.807, 2.05) is 19.1 Å². The number of ketones is 1. The smallest absolute Gasteiger partial charge is 0.262 e. The average Bonchev–Trinajstić information content (AvgIpc) is 3.25. The Morgan fingerprint density at radius 3 is 2.16 bits per heavy atom. The van der Waals surface area contributed by atoms with Crippen LogP contribution in [0.1, 0.15) is 21.7 Å². The van der Waals surface area contributed by atoms with E-state index in [2.05, 4.69) is 20.5 Å². The Hall–Kier alpha value is -3.97. The topological polar surface area (TPSA) is 97.0 Å². The molecule has 3 aromatic carbocycles. The number of amides is 1. The molecule has 0 saturated carbocycles. The van der Waals surface area contributed by atoms with E-state index in [0.717, 1.165) is 11.4 Å². The van der Waals surface area contributed by atoms with Gasteiger partial charge in [-0.2, -0.15) is 5.10 Å². The monoisotopic (exact) mass is 446 g/mol. The number of benzene rings is 3. The molecule has 0 aliphatic carbocycles. The number of rotatable bonds is 7. The van der Waals surface area contributed by atoms with Crippen LogP contribution in [0.5, 0.6) is 5.75 Å². The molecule has 7 nitrogen and oxygen atoms in total. The first kappa shape index (κ1) is 21.3. The number of carbonyl (C=O) groups excluding carboxylic acids is 2. The van der Waals surface area contributed by atoms with Crippen molar-refractivity contribution in [2.24, 2.45) is 0 Å². The molecule has 0 bridgehead atoms. The third kappa shape index (κ3) is 5.19. The Kier molecular flexibility index (Phi) is 6.28. The summed E-state index contributed by atoms with van der Waals surface area (Å²) in [5.74, 6) is 1.41. The van der Waals surface area contributed by atoms with Crippen LogP contribution < -0.4 is 10.1 Å². The largest absolute Gasteiger partial charge is 0.484 e. The maximum absolute atomic E-state index is 12.5. The zero-order valence-corrected chi connectivity index (χ0v) is 17.9. The maximum atomic E-state index is 12.5. The van der Waals surface area contributed by atoms with Crippen molar-refractivity contribution in [3.8, 4) is 17.1 Å². The number of halogens is 1. The van der Waals surface area contributed by atoms with E-state index in [0.29, 0.717) is 33.4 Å². The van der Waals surface area contributed by atoms with Crippen molar-refractivity contribution >= 4 is 29.0 Å². The maximum Gasteiger partial charge on any atom is 0.262 e. The number of ether oxygens (including phenoxy) is 1. The van der Waals surface area contributed by atoms with Gasteiger partial charge in [-0.25, -0.2) is 4.98 Å². The van der Waals surface area contributed by atoms with Crippen molar-refractivity contribution in [1.29, 1.82) is 0 Å². The van der Waals surface area contributed by atoms with Gasteiger partial charge in [0.2, 0.25) is 0 Å². The van der Waals surface area contributed by atoms with Gasteiger partial charge in [-0.15, -0.1) is 0 Å². The van der Waals surface area contributed by atoms with Gasteiger partial charge in [0.05, 0.1) is 0 Å². The molecule has 4 aromatic rings. The van der Waals surface area contributed by atoms with E-state index in [9.17, 15) is 9.59 Å². The molecule has 160 valence electrons. The Morgan fingerprint density at radius 1 is 0.938 bits per heavy atom. The van der Waals surface area contributed by atoms with Gasteiger partial charge in [-0.1, -0.05) is 11.6 Å². The second kappa shape index (κ2) is 9.45. The Balaban J connectivity index is 1.30. The minimum atomic E-state index is -0.298. The predicted molar refractivity (Wildman–Crippen MR) is 122 cm³/mol. The van der Waals surface area contributed by atoms with Gasteiger partial charge in [-0.05, 0) is 79.7 Å². The lowest BCUT2D eigenvalue weighted by molar-refractivity contribution is -0.118. The van der Waals surface area contributed by atoms with Crippen LogP contribution in [0, 0.1) is 6.92 Å². The molecule has 0 fully saturated rings. The van der Waals surface area contributed by atoms with Crippen molar-refractivity contribution in [3.63, 3.8) is 0 Å². The van der Waals surface area contributed by atoms with Crippen LogP contribution in [0.3, 0.4) is 0 Å². The number of hydrogen-bond donors (Lipinski definition) is 2. The van der Waals surface area contributed by atoms with Crippen LogP contribution in [0.15, 0.2) is 72.8 Å². The van der Waals surface area contributed by atoms with Crippen molar-refractivity contribution < 1.29 is 14.3 Å². The predicted octanol–water partition coefficient (Wildman–Crippen LogP) is 4.68. The third-order valence-corrected chi connectivity index (χ3v) is 4.87. The van der Waals surface area contributed by atoms with Crippen molar-refractivity contribution in [2.75, 3.05) is 11.9 Å². The summed E-state index contributed by atoms with van der Waals surface area (Å²) in [7, 11) is 0. The second-order valence-corrected chi connectivity index (χ2v) is 7.46. The first-order chi connectivity index (χ1) is 15.5. The molecule has 0 spiro atoms. The van der Waals surface area contributed by atoms with Gasteiger partial charge >= 0.3 is 0 Å². The minimum Gasteiger partial charge on any atom is -0.484 e. The number of hydrogen-bond acceptors (Lipinski definition) is 5. The fourth-order valence-corrected chi connectivity index (χ4v) is 3.12. The number of nitrogens with one attached hydrogen (secondary N) is 2. The molecule has 2 N–H and O–H groups in total. The highest BCUT2D eigenvalue weighted by Crippen LogP contribution is 2.19. The third-order valence-electron chi connectivity index (χ3n) is 4.62. The molecular formula is C24H19ClN4O3. The highest BCUT2D eigenvalue weighted by Gasteiger charge is 2.10. The van der Waals surface area contributed by atoms with Gasteiger partial charge in [0, 0.05) is 27.4 Å². The molecule has 0 saturated heterocycles. The van der Waals surface area contributed by atoms with E-state index < -0.39 is 0 Å². The number of carbonyl (C=O) groups is 2. The summed E-state index contributed by atoms with van der Waals surface area (Å²) < 4.78 is 5.53. The van der Waals surface area contributed by atoms with Crippen molar-refractivity contribution in [2.45, 2.75) is 6.92 Å². The van der Waals surface area contributed by atoms with E-state index in [4.69, 9.17) is 16.3 Å². The lowest BCUT2D eigenvalue weighted by atomic mass is 10.0. The van der Waals surface area contributed by atoms with Crippen LogP contribution in [0.4, 0.5) is 5.69 Å². The molecule has 4 rings (SSSR count). The van der Waals surface area contributed by atoms with Gasteiger partial charge in [0.25, 0.3) is 5.91 Å². The summed E-state index contributed by atoms with van der Waals surface area (Å²) >= 11 is 5.86. The molecule has 1 amide bonds. The molecule has 1 aromatic heterocycles. The molecular weight excluding hydrogens is 428 g/mol. The summed E-state index contributed by atoms with van der Waals surface area (Å²) in [6.07, 6.45) is 0. The van der Waals surface area contributed by atoms with Crippen LogP contribution in [0.2, 0.25) is 5.02 Å². The Morgan fingerprint density at radius 2 is 1.56 bits per heavy atom. The standard InChI is InChI=1S/C24H19ClN4O3/c1-15-26-24(29-28-15)18-4-10-20(11-5-18)27-22(30)14-32-21-12-6-17(7-13-21)23(31)16-2-8-19(25)9-3-16/h2-13H,14H2,1H3,(H,27,30)(H,26,28,29). The van der Waals surface area contributed by atoms with Gasteiger partial charge in [-0.3, -0.25) is 14.7 Å². The highest BCUT2D eigenvalue weighted by molar-refractivity contribution is 6.30. The lowest BCUT2D eigenvalue weighted by Crippen LogP contribution is -2.20. The number of aromatic amines is 1. The van der Waals surface area contributed by atoms with Crippen LogP contribution in [-0.4, -0.2) is 33.5 Å². The van der Waals surface area contributed by atoms with E-state index >= 15 is 0 Å². The van der Waals surface area contributed by atoms with Gasteiger partial charge in [0.15, 0.2) is 18.2 Å². The van der Waals surface area contributed by atoms with Gasteiger partial charge < -0.3 is 10.1 Å². The molecule has 0 radical (unpaired) electrons. The van der Waals surface area contributed by atoms with Crippen molar-refractivity contribution in [3.05, 3.63) is 94.8 Å². The zero-order valence-electron chi connectivity index (χ0n) is 17.1. The molecule has 0 unspecified atom stereocenters. The number of anilines is 1. The van der Waals surface area contributed by atoms with E-state index in [1.165, 1.54) is 0 Å². The molecule has 32 heavy (non-hydrogen) atoms. The Bertz CT molecular complexity index is 1230. The summed E-state index contributed by atoms with van der Waals surface area (Å²) in [5, 5.41) is 10.3. The number of aryl methyl sites for hydroxylation is 1. The van der Waals surface area contributed by atoms with Gasteiger partial charge in [0.1, 0.15) is 11.6 Å². The highest BCUT2D eigenvalue weighted by atomic mass is 35.5. The SMILES string of the molecule is Cc1nc(-c2ccc(NC(=O)COc3ccc(C(=O)c4ccc(Cl)cc4)cc3)cc2)n[nH]1. The number of nitrogens with zero attached hydrogens (tertiary/aromatic N) is 2. The molecule has 1 heterocycles. The molecule has 0 atom stereocenters. The molecule has 8 heteroatoms. The molecule has 0 aliphatic heterocycles. The first-order valence-corrected chi connectivity index (χ1v) is 10.2. The zero-order chi connectivity index (χ0) is 22.5. The summed E-state index contributed by atoms with van der Waals surface area (Å²) in [6.45, 7) is 1.67. The van der Waals surface area contributed by atoms with Crippen molar-refractivity contribution in [1.82, 2.24) is 15.2 Å². The van der Waals surface area contributed by atoms with Crippen LogP contribution >= 0.6 is 11.6 Å². The Labute approximate surface area is 189 Å². The fourth-order valence-electron chi connectivity index (χ4n) is 2.99. The lowest BCUT2D eigenvalue weighted by Gasteiger charge is -2.08. The quantitative estimate of drug-likeness (QED) is 0.402. The van der Waals surface area contributed by atoms with Crippen LogP contribution in [-0.2, 0) is 4.79 Å². The first-order valence-electron chi connectivity index (χ1n) is 9.80. The van der Waals surface area contributed by atoms with Crippen LogP contribution in [0.25, 0.3) is 11.4 Å². The fraction of sp³-hybridized carbons (Fsp3) is 0.0833. The van der Waals surface area contributed by atoms with E-state index in [1.54, 1.807) is 60.7 Å². The minimum absolute atomic E-state index is 0.116. The normalized spacial score (nSPS) is 10.6.